The molecule has 1 heterocycles. The fourth-order valence-corrected chi connectivity index (χ4v) is 3.20. The minimum absolute atomic E-state index is 0. The summed E-state index contributed by atoms with van der Waals surface area (Å²) in [6.45, 7) is 1.23. The second kappa shape index (κ2) is 10.8. The maximum atomic E-state index is 12.4. The van der Waals surface area contributed by atoms with Crippen molar-refractivity contribution in [2.45, 2.75) is 12.6 Å². The van der Waals surface area contributed by atoms with Crippen molar-refractivity contribution in [3.8, 4) is 17.1 Å². The smallest absolute Gasteiger partial charge is 0.193 e. The molecule has 0 amide bonds. The minimum Gasteiger partial charge on any atom is -0.491 e. The molecule has 0 radical (unpaired) electrons. The van der Waals surface area contributed by atoms with Crippen LogP contribution >= 0.6 is 12.4 Å². The summed E-state index contributed by atoms with van der Waals surface area (Å²) in [5, 5.41) is 13.9. The third-order valence-electron chi connectivity index (χ3n) is 4.75. The molecule has 4 rings (SSSR count). The van der Waals surface area contributed by atoms with Gasteiger partial charge in [-0.25, -0.2) is 0 Å². The molecule has 4 aromatic rings. The van der Waals surface area contributed by atoms with Crippen molar-refractivity contribution in [2.24, 2.45) is 0 Å². The first-order chi connectivity index (χ1) is 14.7. The van der Waals surface area contributed by atoms with Crippen molar-refractivity contribution in [3.05, 3.63) is 101 Å². The second-order valence-corrected chi connectivity index (χ2v) is 7.08. The topological polar surface area (TPSA) is 71.7 Å². The van der Waals surface area contributed by atoms with Gasteiger partial charge < -0.3 is 19.6 Å². The normalized spacial score (nSPS) is 11.6. The highest BCUT2D eigenvalue weighted by atomic mass is 35.5. The van der Waals surface area contributed by atoms with Crippen molar-refractivity contribution < 1.29 is 14.3 Å². The number of nitrogens with one attached hydrogen (secondary N) is 1. The monoisotopic (exact) mass is 437 g/mol. The van der Waals surface area contributed by atoms with E-state index in [4.69, 9.17) is 9.15 Å². The quantitative estimate of drug-likeness (QED) is 0.427. The van der Waals surface area contributed by atoms with Crippen LogP contribution in [-0.2, 0) is 6.54 Å². The molecule has 1 unspecified atom stereocenters. The Bertz CT molecular complexity index is 1160. The van der Waals surface area contributed by atoms with Gasteiger partial charge in [0.1, 0.15) is 29.8 Å². The molecular formula is C25H24ClNO4. The maximum absolute atomic E-state index is 12.4. The summed E-state index contributed by atoms with van der Waals surface area (Å²) >= 11 is 0. The fourth-order valence-electron chi connectivity index (χ4n) is 3.20. The van der Waals surface area contributed by atoms with Crippen LogP contribution in [0.1, 0.15) is 5.56 Å². The second-order valence-electron chi connectivity index (χ2n) is 7.08. The highest BCUT2D eigenvalue weighted by Crippen LogP contribution is 2.24. The van der Waals surface area contributed by atoms with Crippen LogP contribution in [0, 0.1) is 0 Å². The van der Waals surface area contributed by atoms with Gasteiger partial charge in [-0.1, -0.05) is 60.7 Å². The number of benzene rings is 3. The van der Waals surface area contributed by atoms with Gasteiger partial charge in [-0.05, 0) is 17.7 Å². The maximum Gasteiger partial charge on any atom is 0.193 e. The number of aliphatic hydroxyl groups excluding tert-OH is 1. The van der Waals surface area contributed by atoms with Crippen molar-refractivity contribution >= 4 is 23.4 Å². The molecule has 6 heteroatoms. The van der Waals surface area contributed by atoms with Gasteiger partial charge in [0.05, 0.1) is 5.39 Å². The number of fused-ring (bicyclic) bond motifs is 1. The largest absolute Gasteiger partial charge is 0.491 e. The molecule has 1 atom stereocenters. The lowest BCUT2D eigenvalue weighted by atomic mass is 10.1. The van der Waals surface area contributed by atoms with Crippen LogP contribution in [0.2, 0.25) is 0 Å². The van der Waals surface area contributed by atoms with Crippen LogP contribution in [0.3, 0.4) is 0 Å². The van der Waals surface area contributed by atoms with E-state index >= 15 is 0 Å². The van der Waals surface area contributed by atoms with Gasteiger partial charge in [-0.15, -0.1) is 12.4 Å². The fraction of sp³-hybridized carbons (Fsp3) is 0.160. The van der Waals surface area contributed by atoms with Gasteiger partial charge >= 0.3 is 0 Å². The van der Waals surface area contributed by atoms with E-state index in [2.05, 4.69) is 5.32 Å². The lowest BCUT2D eigenvalue weighted by Gasteiger charge is -2.13. The lowest BCUT2D eigenvalue weighted by molar-refractivity contribution is 0.106. The summed E-state index contributed by atoms with van der Waals surface area (Å²) in [4.78, 5) is 12.4. The van der Waals surface area contributed by atoms with Gasteiger partial charge in [0.2, 0.25) is 0 Å². The number of hydrogen-bond donors (Lipinski definition) is 2. The van der Waals surface area contributed by atoms with Crippen LogP contribution in [0.5, 0.6) is 5.75 Å². The highest BCUT2D eigenvalue weighted by Gasteiger charge is 2.10. The zero-order chi connectivity index (χ0) is 20.8. The number of halogens is 1. The number of rotatable bonds is 8. The predicted octanol–water partition coefficient (Wildman–Crippen LogP) is 4.41. The van der Waals surface area contributed by atoms with Crippen LogP contribution in [-0.4, -0.2) is 24.4 Å². The van der Waals surface area contributed by atoms with Gasteiger partial charge in [-0.2, -0.15) is 0 Å². The molecule has 0 bridgehead atoms. The zero-order valence-electron chi connectivity index (χ0n) is 16.9. The van der Waals surface area contributed by atoms with E-state index in [1.54, 1.807) is 18.2 Å². The molecule has 0 saturated heterocycles. The first-order valence-corrected chi connectivity index (χ1v) is 9.88. The van der Waals surface area contributed by atoms with E-state index in [0.717, 1.165) is 11.1 Å². The Morgan fingerprint density at radius 1 is 0.935 bits per heavy atom. The molecule has 0 aliphatic carbocycles. The third kappa shape index (κ3) is 5.95. The van der Waals surface area contributed by atoms with Gasteiger partial charge in [0, 0.05) is 30.8 Å². The standard InChI is InChI=1S/C25H23NO4.ClH/c27-20(16-26-15-18-7-3-1-4-8-18)17-29-21-11-12-22-23(28)14-24(30-25(22)13-21)19-9-5-2-6-10-19;/h1-14,20,26-27H,15-17H2;1H. The molecule has 0 spiro atoms. The van der Waals surface area contributed by atoms with Gasteiger partial charge in [-0.3, -0.25) is 4.79 Å². The van der Waals surface area contributed by atoms with Crippen molar-refractivity contribution in [1.29, 1.82) is 0 Å². The molecular weight excluding hydrogens is 414 g/mol. The van der Waals surface area contributed by atoms with E-state index < -0.39 is 6.10 Å². The van der Waals surface area contributed by atoms with Crippen LogP contribution in [0.4, 0.5) is 0 Å². The van der Waals surface area contributed by atoms with Crippen LogP contribution in [0.15, 0.2) is 94.1 Å². The van der Waals surface area contributed by atoms with Gasteiger partial charge in [0.15, 0.2) is 5.43 Å². The molecule has 3 aromatic carbocycles. The molecule has 1 aromatic heterocycles. The minimum atomic E-state index is -0.660. The number of ether oxygens (including phenoxy) is 1. The lowest BCUT2D eigenvalue weighted by Crippen LogP contribution is -2.31. The zero-order valence-corrected chi connectivity index (χ0v) is 17.7. The summed E-state index contributed by atoms with van der Waals surface area (Å²) in [5.74, 6) is 1.05. The van der Waals surface area contributed by atoms with E-state index in [-0.39, 0.29) is 24.4 Å². The average Bonchev–Trinajstić information content (AvgIpc) is 2.79. The average molecular weight is 438 g/mol. The molecule has 5 nitrogen and oxygen atoms in total. The molecule has 0 saturated carbocycles. The van der Waals surface area contributed by atoms with E-state index in [1.807, 2.05) is 60.7 Å². The molecule has 160 valence electrons. The SMILES string of the molecule is Cl.O=c1cc(-c2ccccc2)oc2cc(OCC(O)CNCc3ccccc3)ccc12. The van der Waals surface area contributed by atoms with E-state index in [1.165, 1.54) is 6.07 Å². The Kier molecular flexibility index (Phi) is 7.84. The predicted molar refractivity (Wildman–Crippen MR) is 125 cm³/mol. The van der Waals surface area contributed by atoms with E-state index in [9.17, 15) is 9.90 Å². The molecule has 31 heavy (non-hydrogen) atoms. The summed E-state index contributed by atoms with van der Waals surface area (Å²) in [6, 6.07) is 26.1. The van der Waals surface area contributed by atoms with Gasteiger partial charge in [0.25, 0.3) is 0 Å². The summed E-state index contributed by atoms with van der Waals surface area (Å²) in [6.07, 6.45) is -0.660. The van der Waals surface area contributed by atoms with Crippen molar-refractivity contribution in [1.82, 2.24) is 5.32 Å². The summed E-state index contributed by atoms with van der Waals surface area (Å²) in [7, 11) is 0. The summed E-state index contributed by atoms with van der Waals surface area (Å²) < 4.78 is 11.6. The Hall–Kier alpha value is -3.12. The molecule has 2 N–H and O–H groups in total. The highest BCUT2D eigenvalue weighted by molar-refractivity contribution is 5.85. The Morgan fingerprint density at radius 2 is 1.65 bits per heavy atom. The van der Waals surface area contributed by atoms with Crippen molar-refractivity contribution in [2.75, 3.05) is 13.2 Å². The first kappa shape index (κ1) is 22.6. The summed E-state index contributed by atoms with van der Waals surface area (Å²) in [5.41, 5.74) is 2.34. The third-order valence-corrected chi connectivity index (χ3v) is 4.75. The Morgan fingerprint density at radius 3 is 2.39 bits per heavy atom. The van der Waals surface area contributed by atoms with Crippen LogP contribution in [0.25, 0.3) is 22.3 Å². The van der Waals surface area contributed by atoms with Crippen molar-refractivity contribution in [3.63, 3.8) is 0 Å². The first-order valence-electron chi connectivity index (χ1n) is 9.88. The number of hydrogen-bond acceptors (Lipinski definition) is 5. The Balaban J connectivity index is 0.00000272. The molecule has 0 aliphatic rings. The van der Waals surface area contributed by atoms with Crippen LogP contribution < -0.4 is 15.5 Å². The van der Waals surface area contributed by atoms with E-state index in [0.29, 0.717) is 35.6 Å². The Labute approximate surface area is 186 Å². The molecule has 0 fully saturated rings. The number of aliphatic hydroxyl groups is 1. The molecule has 0 aliphatic heterocycles.